The molecule has 2 rings (SSSR count). The molecule has 1 aliphatic carbocycles. The van der Waals surface area contributed by atoms with Crippen molar-refractivity contribution >= 4 is 5.97 Å². The highest BCUT2D eigenvalue weighted by atomic mass is 16.5. The molecule has 2 N–H and O–H groups in total. The number of carbonyl (C=O) groups excluding carboxylic acids is 1. The van der Waals surface area contributed by atoms with E-state index in [1.165, 1.54) is 0 Å². The molecule has 4 nitrogen and oxygen atoms in total. The Balaban J connectivity index is 1.97. The lowest BCUT2D eigenvalue weighted by Crippen LogP contribution is -2.16. The van der Waals surface area contributed by atoms with Crippen LogP contribution < -0.4 is 5.73 Å². The summed E-state index contributed by atoms with van der Waals surface area (Å²) in [5.41, 5.74) is 6.73. The fraction of sp³-hybridized carbons (Fsp3) is 0.500. The predicted molar refractivity (Wildman–Crippen MR) is 59.8 cm³/mol. The maximum absolute atomic E-state index is 11.7. The van der Waals surface area contributed by atoms with E-state index < -0.39 is 0 Å². The molecule has 0 spiro atoms. The van der Waals surface area contributed by atoms with Gasteiger partial charge in [0.2, 0.25) is 0 Å². The Hall–Kier alpha value is -1.42. The zero-order valence-electron chi connectivity index (χ0n) is 9.19. The van der Waals surface area contributed by atoms with Gasteiger partial charge in [-0.15, -0.1) is 0 Å². The highest BCUT2D eigenvalue weighted by Crippen LogP contribution is 2.21. The van der Waals surface area contributed by atoms with Gasteiger partial charge in [0.1, 0.15) is 11.8 Å². The first kappa shape index (κ1) is 11.1. The molecule has 1 aromatic heterocycles. The third kappa shape index (κ3) is 2.58. The molecule has 4 heteroatoms. The molecule has 1 heterocycles. The van der Waals surface area contributed by atoms with Crippen LogP contribution in [0.2, 0.25) is 0 Å². The molecule has 1 aromatic rings. The molecule has 0 unspecified atom stereocenters. The molecule has 0 radical (unpaired) electrons. The molecule has 0 aliphatic heterocycles. The number of esters is 1. The van der Waals surface area contributed by atoms with Gasteiger partial charge in [0, 0.05) is 12.7 Å². The lowest BCUT2D eigenvalue weighted by Gasteiger charge is -2.10. The minimum Gasteiger partial charge on any atom is -0.458 e. The van der Waals surface area contributed by atoms with Gasteiger partial charge in [-0.1, -0.05) is 6.07 Å². The highest BCUT2D eigenvalue weighted by molar-refractivity contribution is 5.87. The SMILES string of the molecule is NCc1ccc(C(=O)OC2CCCC2)nc1. The second kappa shape index (κ2) is 5.07. The van der Waals surface area contributed by atoms with Crippen LogP contribution in [0.25, 0.3) is 0 Å². The normalized spacial score (nSPS) is 16.3. The van der Waals surface area contributed by atoms with Crippen molar-refractivity contribution in [1.82, 2.24) is 4.98 Å². The van der Waals surface area contributed by atoms with E-state index in [1.807, 2.05) is 0 Å². The summed E-state index contributed by atoms with van der Waals surface area (Å²) >= 11 is 0. The summed E-state index contributed by atoms with van der Waals surface area (Å²) in [4.78, 5) is 15.7. The van der Waals surface area contributed by atoms with Gasteiger partial charge in [0.15, 0.2) is 0 Å². The van der Waals surface area contributed by atoms with Crippen LogP contribution in [0.5, 0.6) is 0 Å². The molecule has 0 saturated heterocycles. The monoisotopic (exact) mass is 220 g/mol. The number of hydrogen-bond donors (Lipinski definition) is 1. The molecular weight excluding hydrogens is 204 g/mol. The number of aromatic nitrogens is 1. The molecule has 1 fully saturated rings. The van der Waals surface area contributed by atoms with Crippen LogP contribution in [-0.4, -0.2) is 17.1 Å². The second-order valence-electron chi connectivity index (χ2n) is 4.07. The van der Waals surface area contributed by atoms with E-state index in [1.54, 1.807) is 18.3 Å². The van der Waals surface area contributed by atoms with Gasteiger partial charge in [-0.3, -0.25) is 0 Å². The van der Waals surface area contributed by atoms with Gasteiger partial charge < -0.3 is 10.5 Å². The van der Waals surface area contributed by atoms with Gasteiger partial charge in [-0.2, -0.15) is 0 Å². The molecule has 86 valence electrons. The minimum atomic E-state index is -0.324. The van der Waals surface area contributed by atoms with Crippen LogP contribution in [0.4, 0.5) is 0 Å². The third-order valence-electron chi connectivity index (χ3n) is 2.85. The van der Waals surface area contributed by atoms with Crippen molar-refractivity contribution in [2.75, 3.05) is 0 Å². The van der Waals surface area contributed by atoms with E-state index in [9.17, 15) is 4.79 Å². The Morgan fingerprint density at radius 2 is 2.19 bits per heavy atom. The lowest BCUT2D eigenvalue weighted by atomic mass is 10.2. The number of rotatable bonds is 3. The van der Waals surface area contributed by atoms with Crippen molar-refractivity contribution < 1.29 is 9.53 Å². The van der Waals surface area contributed by atoms with Crippen molar-refractivity contribution in [1.29, 1.82) is 0 Å². The van der Waals surface area contributed by atoms with Gasteiger partial charge in [0.25, 0.3) is 0 Å². The number of carbonyl (C=O) groups is 1. The summed E-state index contributed by atoms with van der Waals surface area (Å²) in [5, 5.41) is 0. The Bertz CT molecular complexity index is 356. The van der Waals surface area contributed by atoms with Gasteiger partial charge in [-0.05, 0) is 37.3 Å². The lowest BCUT2D eigenvalue weighted by molar-refractivity contribution is 0.0311. The van der Waals surface area contributed by atoms with E-state index >= 15 is 0 Å². The number of ether oxygens (including phenoxy) is 1. The Labute approximate surface area is 94.8 Å². The van der Waals surface area contributed by atoms with Crippen LogP contribution in [0.15, 0.2) is 18.3 Å². The number of pyridine rings is 1. The van der Waals surface area contributed by atoms with Crippen LogP contribution in [0, 0.1) is 0 Å². The first-order valence-electron chi connectivity index (χ1n) is 5.65. The zero-order valence-corrected chi connectivity index (χ0v) is 9.19. The second-order valence-corrected chi connectivity index (χ2v) is 4.07. The zero-order chi connectivity index (χ0) is 11.4. The molecule has 1 saturated carbocycles. The summed E-state index contributed by atoms with van der Waals surface area (Å²) in [6.45, 7) is 0.435. The van der Waals surface area contributed by atoms with E-state index in [2.05, 4.69) is 4.98 Å². The smallest absolute Gasteiger partial charge is 0.357 e. The standard InChI is InChI=1S/C12H16N2O2/c13-7-9-5-6-11(14-8-9)12(15)16-10-3-1-2-4-10/h5-6,8,10H,1-4,7,13H2. The summed E-state index contributed by atoms with van der Waals surface area (Å²) in [6, 6.07) is 3.47. The molecule has 16 heavy (non-hydrogen) atoms. The molecular formula is C12H16N2O2. The molecule has 0 atom stereocenters. The summed E-state index contributed by atoms with van der Waals surface area (Å²) in [6.07, 6.45) is 5.96. The quantitative estimate of drug-likeness (QED) is 0.786. The van der Waals surface area contributed by atoms with Crippen molar-refractivity contribution in [3.63, 3.8) is 0 Å². The average Bonchev–Trinajstić information content (AvgIpc) is 2.82. The van der Waals surface area contributed by atoms with E-state index in [4.69, 9.17) is 10.5 Å². The van der Waals surface area contributed by atoms with Crippen LogP contribution in [0.3, 0.4) is 0 Å². The number of nitrogens with two attached hydrogens (primary N) is 1. The van der Waals surface area contributed by atoms with Crippen molar-refractivity contribution in [2.24, 2.45) is 5.73 Å². The fourth-order valence-corrected chi connectivity index (χ4v) is 1.88. The largest absolute Gasteiger partial charge is 0.458 e. The molecule has 1 aliphatic rings. The van der Waals surface area contributed by atoms with Crippen molar-refractivity contribution in [3.8, 4) is 0 Å². The van der Waals surface area contributed by atoms with Gasteiger partial charge >= 0.3 is 5.97 Å². The number of hydrogen-bond acceptors (Lipinski definition) is 4. The highest BCUT2D eigenvalue weighted by Gasteiger charge is 2.20. The van der Waals surface area contributed by atoms with Crippen LogP contribution in [-0.2, 0) is 11.3 Å². The Morgan fingerprint density at radius 3 is 2.75 bits per heavy atom. The first-order valence-corrected chi connectivity index (χ1v) is 5.65. The van der Waals surface area contributed by atoms with Gasteiger partial charge in [0.05, 0.1) is 0 Å². The average molecular weight is 220 g/mol. The van der Waals surface area contributed by atoms with Crippen LogP contribution in [0.1, 0.15) is 41.7 Å². The van der Waals surface area contributed by atoms with Crippen LogP contribution >= 0.6 is 0 Å². The molecule has 0 aromatic carbocycles. The number of nitrogens with zero attached hydrogens (tertiary/aromatic N) is 1. The third-order valence-corrected chi connectivity index (χ3v) is 2.85. The van der Waals surface area contributed by atoms with E-state index in [0.717, 1.165) is 31.2 Å². The Morgan fingerprint density at radius 1 is 1.44 bits per heavy atom. The fourth-order valence-electron chi connectivity index (χ4n) is 1.88. The Kier molecular flexibility index (Phi) is 3.51. The predicted octanol–water partition coefficient (Wildman–Crippen LogP) is 1.64. The maximum atomic E-state index is 11.7. The summed E-state index contributed by atoms with van der Waals surface area (Å²) < 4.78 is 5.34. The first-order chi connectivity index (χ1) is 7.79. The molecule has 0 bridgehead atoms. The van der Waals surface area contributed by atoms with Crippen molar-refractivity contribution in [3.05, 3.63) is 29.6 Å². The summed E-state index contributed by atoms with van der Waals surface area (Å²) in [5.74, 6) is -0.324. The summed E-state index contributed by atoms with van der Waals surface area (Å²) in [7, 11) is 0. The van der Waals surface area contributed by atoms with E-state index in [-0.39, 0.29) is 12.1 Å². The van der Waals surface area contributed by atoms with Crippen molar-refractivity contribution in [2.45, 2.75) is 38.3 Å². The minimum absolute atomic E-state index is 0.0866. The van der Waals surface area contributed by atoms with E-state index in [0.29, 0.717) is 12.2 Å². The van der Waals surface area contributed by atoms with Gasteiger partial charge in [-0.25, -0.2) is 9.78 Å². The maximum Gasteiger partial charge on any atom is 0.357 e. The molecule has 0 amide bonds. The topological polar surface area (TPSA) is 65.2 Å².